The molecule has 242 valence electrons. The summed E-state index contributed by atoms with van der Waals surface area (Å²) in [6, 6.07) is 60.1. The van der Waals surface area contributed by atoms with Crippen LogP contribution in [0, 0.1) is 11.3 Å². The van der Waals surface area contributed by atoms with Gasteiger partial charge in [-0.2, -0.15) is 5.26 Å². The van der Waals surface area contributed by atoms with Gasteiger partial charge in [0.1, 0.15) is 11.5 Å². The maximum absolute atomic E-state index is 10.6. The van der Waals surface area contributed by atoms with E-state index in [0.29, 0.717) is 23.0 Å². The zero-order chi connectivity index (χ0) is 34.6. The van der Waals surface area contributed by atoms with Crippen LogP contribution in [-0.2, 0) is 5.41 Å². The van der Waals surface area contributed by atoms with Crippen molar-refractivity contribution in [1.82, 2.24) is 15.0 Å². The Morgan fingerprint density at radius 2 is 0.885 bits per heavy atom. The summed E-state index contributed by atoms with van der Waals surface area (Å²) in [6.07, 6.45) is 0. The van der Waals surface area contributed by atoms with Gasteiger partial charge in [-0.1, -0.05) is 146 Å². The largest absolute Gasteiger partial charge is 0.457 e. The predicted octanol–water partition coefficient (Wildman–Crippen LogP) is 10.9. The highest BCUT2D eigenvalue weighted by atomic mass is 16.5. The van der Waals surface area contributed by atoms with E-state index in [-0.39, 0.29) is 0 Å². The molecule has 0 amide bonds. The molecule has 0 N–H and O–H groups in total. The van der Waals surface area contributed by atoms with E-state index in [1.54, 1.807) is 0 Å². The van der Waals surface area contributed by atoms with Crippen LogP contribution in [0.25, 0.3) is 56.4 Å². The van der Waals surface area contributed by atoms with Crippen LogP contribution in [0.4, 0.5) is 0 Å². The molecule has 5 nitrogen and oxygen atoms in total. The van der Waals surface area contributed by atoms with Crippen LogP contribution in [0.2, 0.25) is 0 Å². The molecule has 0 saturated heterocycles. The van der Waals surface area contributed by atoms with Crippen molar-refractivity contribution in [2.45, 2.75) is 5.41 Å². The summed E-state index contributed by atoms with van der Waals surface area (Å²) in [6.45, 7) is 0. The van der Waals surface area contributed by atoms with Crippen molar-refractivity contribution in [3.63, 3.8) is 0 Å². The first-order valence-electron chi connectivity index (χ1n) is 17.3. The fraction of sp³-hybridized carbons (Fsp3) is 0.0213. The van der Waals surface area contributed by atoms with E-state index in [1.165, 1.54) is 0 Å². The van der Waals surface area contributed by atoms with Gasteiger partial charge in [-0.05, 0) is 52.1 Å². The quantitative estimate of drug-likeness (QED) is 0.187. The average Bonchev–Trinajstić information content (AvgIpc) is 3.52. The molecule has 1 spiro atoms. The number of hydrogen-bond donors (Lipinski definition) is 0. The lowest BCUT2D eigenvalue weighted by Gasteiger charge is -2.39. The molecule has 0 saturated carbocycles. The zero-order valence-corrected chi connectivity index (χ0v) is 27.9. The first-order valence-corrected chi connectivity index (χ1v) is 17.3. The second kappa shape index (κ2) is 11.7. The standard InChI is InChI=1S/C47H28N4O/c48-29-34-20-12-24-38-42(34)43-35(21-13-25-39(43)47(38)36-22-7-9-26-40(36)52-41-27-10-8-23-37(41)47)32-18-11-19-33(28-32)46-50-44(30-14-3-1-4-15-30)49-45(51-46)31-16-5-2-6-17-31/h1-28H. The van der Waals surface area contributed by atoms with Gasteiger partial charge >= 0.3 is 0 Å². The second-order valence-corrected chi connectivity index (χ2v) is 13.0. The molecule has 1 aliphatic carbocycles. The number of para-hydroxylation sites is 2. The van der Waals surface area contributed by atoms with Gasteiger partial charge in [0.05, 0.1) is 17.0 Å². The molecule has 8 aromatic rings. The van der Waals surface area contributed by atoms with Gasteiger partial charge in [0.15, 0.2) is 17.5 Å². The molecule has 10 rings (SSSR count). The van der Waals surface area contributed by atoms with E-state index in [0.717, 1.165) is 72.7 Å². The molecule has 1 aliphatic heterocycles. The van der Waals surface area contributed by atoms with E-state index >= 15 is 0 Å². The van der Waals surface area contributed by atoms with Crippen molar-refractivity contribution in [3.8, 4) is 74.0 Å². The minimum absolute atomic E-state index is 0.587. The molecule has 0 bridgehead atoms. The molecule has 2 heterocycles. The van der Waals surface area contributed by atoms with Crippen LogP contribution in [-0.4, -0.2) is 15.0 Å². The van der Waals surface area contributed by atoms with Gasteiger partial charge in [0.25, 0.3) is 0 Å². The summed E-state index contributed by atoms with van der Waals surface area (Å²) in [5.74, 6) is 3.44. The van der Waals surface area contributed by atoms with Gasteiger partial charge < -0.3 is 4.74 Å². The molecular formula is C47H28N4O. The monoisotopic (exact) mass is 664 g/mol. The van der Waals surface area contributed by atoms with Crippen molar-refractivity contribution in [2.75, 3.05) is 0 Å². The minimum atomic E-state index is -0.681. The van der Waals surface area contributed by atoms with E-state index in [2.05, 4.69) is 72.8 Å². The summed E-state index contributed by atoms with van der Waals surface area (Å²) in [7, 11) is 0. The molecule has 0 fully saturated rings. The molecular weight excluding hydrogens is 637 g/mol. The highest BCUT2D eigenvalue weighted by Crippen LogP contribution is 2.63. The topological polar surface area (TPSA) is 71.7 Å². The van der Waals surface area contributed by atoms with Crippen molar-refractivity contribution < 1.29 is 4.74 Å². The lowest BCUT2D eigenvalue weighted by Crippen LogP contribution is -2.32. The van der Waals surface area contributed by atoms with E-state index in [9.17, 15) is 5.26 Å². The number of aromatic nitrogens is 3. The molecule has 5 heteroatoms. The number of ether oxygens (including phenoxy) is 1. The van der Waals surface area contributed by atoms with Crippen molar-refractivity contribution in [2.24, 2.45) is 0 Å². The van der Waals surface area contributed by atoms with Crippen LogP contribution in [0.15, 0.2) is 170 Å². The Hall–Kier alpha value is -7.16. The molecule has 2 aliphatic rings. The zero-order valence-electron chi connectivity index (χ0n) is 27.9. The molecule has 0 atom stereocenters. The smallest absolute Gasteiger partial charge is 0.164 e. The fourth-order valence-electron chi connectivity index (χ4n) is 8.09. The van der Waals surface area contributed by atoms with Crippen LogP contribution in [0.3, 0.4) is 0 Å². The summed E-state index contributed by atoms with van der Waals surface area (Å²) in [5.41, 5.74) is 11.0. The molecule has 0 radical (unpaired) electrons. The predicted molar refractivity (Wildman–Crippen MR) is 204 cm³/mol. The highest BCUT2D eigenvalue weighted by molar-refractivity contribution is 5.99. The van der Waals surface area contributed by atoms with Crippen LogP contribution in [0.5, 0.6) is 11.5 Å². The third kappa shape index (κ3) is 4.38. The van der Waals surface area contributed by atoms with Gasteiger partial charge in [-0.3, -0.25) is 0 Å². The summed E-state index contributed by atoms with van der Waals surface area (Å²) < 4.78 is 6.53. The van der Waals surface area contributed by atoms with Gasteiger partial charge in [0, 0.05) is 33.4 Å². The number of nitriles is 1. The van der Waals surface area contributed by atoms with Gasteiger partial charge in [-0.25, -0.2) is 15.0 Å². The first-order chi connectivity index (χ1) is 25.7. The van der Waals surface area contributed by atoms with Crippen molar-refractivity contribution >= 4 is 0 Å². The number of benzene rings is 7. The van der Waals surface area contributed by atoms with Gasteiger partial charge in [0.2, 0.25) is 0 Å². The number of nitrogens with zero attached hydrogens (tertiary/aromatic N) is 4. The Morgan fingerprint density at radius 1 is 0.423 bits per heavy atom. The molecule has 0 unspecified atom stereocenters. The Morgan fingerprint density at radius 3 is 1.50 bits per heavy atom. The van der Waals surface area contributed by atoms with E-state index < -0.39 is 5.41 Å². The van der Waals surface area contributed by atoms with Gasteiger partial charge in [-0.15, -0.1) is 0 Å². The average molecular weight is 665 g/mol. The minimum Gasteiger partial charge on any atom is -0.457 e. The van der Waals surface area contributed by atoms with Crippen LogP contribution < -0.4 is 4.74 Å². The summed E-state index contributed by atoms with van der Waals surface area (Å²) in [4.78, 5) is 14.9. The third-order valence-electron chi connectivity index (χ3n) is 10.2. The van der Waals surface area contributed by atoms with E-state index in [4.69, 9.17) is 19.7 Å². The van der Waals surface area contributed by atoms with Crippen molar-refractivity contribution in [3.05, 3.63) is 198 Å². The lowest BCUT2D eigenvalue weighted by atomic mass is 9.66. The molecule has 7 aromatic carbocycles. The number of hydrogen-bond acceptors (Lipinski definition) is 5. The fourth-order valence-corrected chi connectivity index (χ4v) is 8.09. The normalized spacial score (nSPS) is 12.9. The van der Waals surface area contributed by atoms with Crippen LogP contribution in [0.1, 0.15) is 27.8 Å². The molecule has 1 aromatic heterocycles. The highest BCUT2D eigenvalue weighted by Gasteiger charge is 2.52. The number of rotatable bonds is 4. The second-order valence-electron chi connectivity index (χ2n) is 13.0. The first kappa shape index (κ1) is 29.7. The Labute approximate surface area is 301 Å². The maximum atomic E-state index is 10.6. The van der Waals surface area contributed by atoms with Crippen LogP contribution >= 0.6 is 0 Å². The SMILES string of the molecule is N#Cc1cccc2c1-c1c(-c3cccc(-c4nc(-c5ccccc5)nc(-c5ccccc5)n4)c3)cccc1C21c2ccccc2Oc2ccccc21. The maximum Gasteiger partial charge on any atom is 0.164 e. The Kier molecular flexibility index (Phi) is 6.70. The Bertz CT molecular complexity index is 2630. The Balaban J connectivity index is 1.22. The lowest BCUT2D eigenvalue weighted by molar-refractivity contribution is 0.436. The summed E-state index contributed by atoms with van der Waals surface area (Å²) >= 11 is 0. The third-order valence-corrected chi connectivity index (χ3v) is 10.2. The summed E-state index contributed by atoms with van der Waals surface area (Å²) in [5, 5.41) is 10.6. The molecule has 52 heavy (non-hydrogen) atoms. The van der Waals surface area contributed by atoms with Crippen molar-refractivity contribution in [1.29, 1.82) is 5.26 Å². The number of fused-ring (bicyclic) bond motifs is 9. The van der Waals surface area contributed by atoms with E-state index in [1.807, 2.05) is 103 Å².